The molecule has 1 saturated heterocycles. The lowest BCUT2D eigenvalue weighted by Gasteiger charge is -2.21. The van der Waals surface area contributed by atoms with Crippen LogP contribution in [0.2, 0.25) is 0 Å². The van der Waals surface area contributed by atoms with Gasteiger partial charge in [0.25, 0.3) is 0 Å². The van der Waals surface area contributed by atoms with Crippen molar-refractivity contribution in [3.05, 3.63) is 0 Å². The predicted octanol–water partition coefficient (Wildman–Crippen LogP) is 0.622. The largest absolute Gasteiger partial charge is 0.313 e. The molecule has 1 aliphatic rings. The lowest BCUT2D eigenvalue weighted by Crippen LogP contribution is -2.36. The van der Waals surface area contributed by atoms with Gasteiger partial charge in [-0.3, -0.25) is 0 Å². The van der Waals surface area contributed by atoms with Crippen molar-refractivity contribution >= 4 is 0 Å². The molecule has 14 heavy (non-hydrogen) atoms. The topological polar surface area (TPSA) is 18.5 Å². The van der Waals surface area contributed by atoms with Crippen LogP contribution < -0.4 is 5.32 Å². The molecule has 0 aromatic carbocycles. The second kappa shape index (κ2) is 6.38. The zero-order valence-electron chi connectivity index (χ0n) is 9.92. The van der Waals surface area contributed by atoms with Gasteiger partial charge in [-0.2, -0.15) is 0 Å². The third-order valence-electron chi connectivity index (χ3n) is 2.84. The number of hydrogen-bond acceptors (Lipinski definition) is 3. The van der Waals surface area contributed by atoms with Crippen molar-refractivity contribution in [2.24, 2.45) is 0 Å². The Morgan fingerprint density at radius 1 is 1.21 bits per heavy atom. The van der Waals surface area contributed by atoms with Crippen LogP contribution in [0.1, 0.15) is 19.3 Å². The Morgan fingerprint density at radius 3 is 2.57 bits per heavy atom. The van der Waals surface area contributed by atoms with E-state index in [9.17, 15) is 0 Å². The van der Waals surface area contributed by atoms with Crippen LogP contribution in [0, 0.1) is 0 Å². The Bertz CT molecular complexity index is 141. The van der Waals surface area contributed by atoms with Gasteiger partial charge in [0.2, 0.25) is 0 Å². The van der Waals surface area contributed by atoms with E-state index in [4.69, 9.17) is 0 Å². The summed E-state index contributed by atoms with van der Waals surface area (Å²) in [6.07, 6.45) is 3.99. The Balaban J connectivity index is 2.00. The minimum Gasteiger partial charge on any atom is -0.313 e. The van der Waals surface area contributed by atoms with Gasteiger partial charge in [0.05, 0.1) is 0 Å². The number of rotatable bonds is 6. The van der Waals surface area contributed by atoms with E-state index < -0.39 is 0 Å². The highest BCUT2D eigenvalue weighted by Gasteiger charge is 2.15. The molecule has 3 nitrogen and oxygen atoms in total. The zero-order valence-corrected chi connectivity index (χ0v) is 9.92. The van der Waals surface area contributed by atoms with Crippen LogP contribution in [0.4, 0.5) is 0 Å². The van der Waals surface area contributed by atoms with Gasteiger partial charge in [-0.1, -0.05) is 0 Å². The predicted molar refractivity (Wildman–Crippen MR) is 61.7 cm³/mol. The number of nitrogens with zero attached hydrogens (tertiary/aromatic N) is 2. The van der Waals surface area contributed by atoms with Gasteiger partial charge in [-0.05, 0) is 60.0 Å². The van der Waals surface area contributed by atoms with Crippen LogP contribution in [0.5, 0.6) is 0 Å². The lowest BCUT2D eigenvalue weighted by molar-refractivity contribution is 0.278. The average molecular weight is 199 g/mol. The maximum Gasteiger partial charge on any atom is 0.0195 e. The minimum absolute atomic E-state index is 0.749. The first-order valence-electron chi connectivity index (χ1n) is 5.75. The Kier molecular flexibility index (Phi) is 5.45. The molecular formula is C11H25N3. The van der Waals surface area contributed by atoms with Gasteiger partial charge < -0.3 is 15.1 Å². The smallest absolute Gasteiger partial charge is 0.0195 e. The highest BCUT2D eigenvalue weighted by Crippen LogP contribution is 2.06. The van der Waals surface area contributed by atoms with Gasteiger partial charge in [-0.15, -0.1) is 0 Å². The molecule has 0 amide bonds. The van der Waals surface area contributed by atoms with Crippen LogP contribution in [0.15, 0.2) is 0 Å². The van der Waals surface area contributed by atoms with E-state index in [2.05, 4.69) is 36.3 Å². The van der Waals surface area contributed by atoms with Crippen LogP contribution in [-0.2, 0) is 0 Å². The number of hydrogen-bond donors (Lipinski definition) is 1. The molecule has 0 unspecified atom stereocenters. The van der Waals surface area contributed by atoms with Crippen molar-refractivity contribution < 1.29 is 0 Å². The molecule has 0 saturated carbocycles. The summed E-state index contributed by atoms with van der Waals surface area (Å²) in [4.78, 5) is 4.70. The summed E-state index contributed by atoms with van der Waals surface area (Å²) in [5, 5.41) is 3.53. The lowest BCUT2D eigenvalue weighted by atomic mass is 10.2. The van der Waals surface area contributed by atoms with E-state index >= 15 is 0 Å². The summed E-state index contributed by atoms with van der Waals surface area (Å²) in [6, 6.07) is 0.749. The van der Waals surface area contributed by atoms with Crippen LogP contribution in [0.25, 0.3) is 0 Å². The summed E-state index contributed by atoms with van der Waals surface area (Å²) in [7, 11) is 6.51. The van der Waals surface area contributed by atoms with Crippen molar-refractivity contribution in [1.82, 2.24) is 15.1 Å². The van der Waals surface area contributed by atoms with E-state index in [-0.39, 0.29) is 0 Å². The van der Waals surface area contributed by atoms with E-state index in [0.29, 0.717) is 0 Å². The molecule has 0 spiro atoms. The summed E-state index contributed by atoms with van der Waals surface area (Å²) < 4.78 is 0. The van der Waals surface area contributed by atoms with E-state index in [1.54, 1.807) is 0 Å². The third kappa shape index (κ3) is 4.94. The molecule has 3 heteroatoms. The first-order chi connectivity index (χ1) is 6.68. The molecule has 1 rings (SSSR count). The van der Waals surface area contributed by atoms with Gasteiger partial charge in [0.15, 0.2) is 0 Å². The maximum absolute atomic E-state index is 3.53. The summed E-state index contributed by atoms with van der Waals surface area (Å²) in [5.41, 5.74) is 0. The standard InChI is InChI=1S/C11H25N3/c1-13(2)8-5-9-14(3)10-11-6-4-7-12-11/h11-12H,4-10H2,1-3H3/t11-/m1/s1. The van der Waals surface area contributed by atoms with Gasteiger partial charge in [0.1, 0.15) is 0 Å². The molecule has 1 heterocycles. The van der Waals surface area contributed by atoms with Crippen LogP contribution in [0.3, 0.4) is 0 Å². The highest BCUT2D eigenvalue weighted by molar-refractivity contribution is 4.76. The Labute approximate surface area is 88.5 Å². The minimum atomic E-state index is 0.749. The van der Waals surface area contributed by atoms with Crippen molar-refractivity contribution in [1.29, 1.82) is 0 Å². The monoisotopic (exact) mass is 199 g/mol. The van der Waals surface area contributed by atoms with Crippen molar-refractivity contribution in [2.75, 3.05) is 47.3 Å². The van der Waals surface area contributed by atoms with Gasteiger partial charge in [0, 0.05) is 12.6 Å². The second-order valence-corrected chi connectivity index (χ2v) is 4.71. The summed E-state index contributed by atoms with van der Waals surface area (Å²) in [5.74, 6) is 0. The molecule has 0 bridgehead atoms. The Hall–Kier alpha value is -0.120. The quantitative estimate of drug-likeness (QED) is 0.676. The zero-order chi connectivity index (χ0) is 10.4. The van der Waals surface area contributed by atoms with Gasteiger partial charge in [-0.25, -0.2) is 0 Å². The molecule has 1 fully saturated rings. The molecular weight excluding hydrogens is 174 g/mol. The first-order valence-corrected chi connectivity index (χ1v) is 5.75. The molecule has 1 atom stereocenters. The molecule has 0 aromatic rings. The van der Waals surface area contributed by atoms with Crippen molar-refractivity contribution in [3.63, 3.8) is 0 Å². The molecule has 0 aromatic heterocycles. The van der Waals surface area contributed by atoms with E-state index in [1.807, 2.05) is 0 Å². The number of nitrogens with one attached hydrogen (secondary N) is 1. The van der Waals surface area contributed by atoms with Crippen LogP contribution >= 0.6 is 0 Å². The fourth-order valence-electron chi connectivity index (χ4n) is 2.04. The summed E-state index contributed by atoms with van der Waals surface area (Å²) in [6.45, 7) is 4.85. The fourth-order valence-corrected chi connectivity index (χ4v) is 2.04. The second-order valence-electron chi connectivity index (χ2n) is 4.71. The average Bonchev–Trinajstić information content (AvgIpc) is 2.56. The molecule has 1 N–H and O–H groups in total. The van der Waals surface area contributed by atoms with Crippen molar-refractivity contribution in [3.8, 4) is 0 Å². The Morgan fingerprint density at radius 2 is 2.00 bits per heavy atom. The molecule has 84 valence electrons. The maximum atomic E-state index is 3.53. The SMILES string of the molecule is CN(C)CCCN(C)C[C@H]1CCCN1. The van der Waals surface area contributed by atoms with Crippen molar-refractivity contribution in [2.45, 2.75) is 25.3 Å². The third-order valence-corrected chi connectivity index (χ3v) is 2.84. The normalized spacial score (nSPS) is 22.5. The molecule has 1 aliphatic heterocycles. The van der Waals surface area contributed by atoms with Crippen LogP contribution in [-0.4, -0.2) is 63.2 Å². The first kappa shape index (κ1) is 12.0. The molecule has 0 aliphatic carbocycles. The fraction of sp³-hybridized carbons (Fsp3) is 1.00. The van der Waals surface area contributed by atoms with E-state index in [0.717, 1.165) is 6.04 Å². The number of likely N-dealkylation sites (N-methyl/N-ethyl adjacent to an activating group) is 1. The summed E-state index contributed by atoms with van der Waals surface area (Å²) >= 11 is 0. The van der Waals surface area contributed by atoms with E-state index in [1.165, 1.54) is 45.4 Å². The van der Waals surface area contributed by atoms with Gasteiger partial charge >= 0.3 is 0 Å². The molecule has 0 radical (unpaired) electrons. The highest BCUT2D eigenvalue weighted by atomic mass is 15.1.